The van der Waals surface area contributed by atoms with Crippen molar-refractivity contribution in [2.24, 2.45) is 0 Å². The summed E-state index contributed by atoms with van der Waals surface area (Å²) in [4.78, 5) is 27.1. The third-order valence-corrected chi connectivity index (χ3v) is 4.81. The summed E-state index contributed by atoms with van der Waals surface area (Å²) in [5, 5.41) is 2.84. The van der Waals surface area contributed by atoms with Crippen LogP contribution in [0.4, 0.5) is 13.6 Å². The van der Waals surface area contributed by atoms with Gasteiger partial charge in [0, 0.05) is 18.8 Å². The molecule has 7 nitrogen and oxygen atoms in total. The number of ether oxygens (including phenoxy) is 3. The fraction of sp³-hybridized carbons (Fsp3) is 0.524. The second kappa shape index (κ2) is 9.88. The van der Waals surface area contributed by atoms with Crippen molar-refractivity contribution in [1.82, 2.24) is 10.2 Å². The molecule has 0 bridgehead atoms. The third kappa shape index (κ3) is 5.08. The van der Waals surface area contributed by atoms with Crippen LogP contribution in [0.25, 0.3) is 0 Å². The number of carbonyl (C=O) groups excluding carboxylic acids is 2. The lowest BCUT2D eigenvalue weighted by Crippen LogP contribution is -2.50. The molecule has 1 aliphatic rings. The van der Waals surface area contributed by atoms with Gasteiger partial charge in [-0.15, -0.1) is 0 Å². The Labute approximate surface area is 175 Å². The van der Waals surface area contributed by atoms with E-state index in [4.69, 9.17) is 9.47 Å². The summed E-state index contributed by atoms with van der Waals surface area (Å²) in [5.74, 6) is -0.506. The molecule has 0 aliphatic carbocycles. The quantitative estimate of drug-likeness (QED) is 0.505. The predicted octanol–water partition coefficient (Wildman–Crippen LogP) is 3.84. The monoisotopic (exact) mass is 426 g/mol. The summed E-state index contributed by atoms with van der Waals surface area (Å²) in [6.07, 6.45) is 0. The maximum absolute atomic E-state index is 12.9. The van der Waals surface area contributed by atoms with Crippen molar-refractivity contribution in [1.29, 1.82) is 0 Å². The maximum Gasteiger partial charge on any atom is 0.387 e. The highest BCUT2D eigenvalue weighted by Gasteiger charge is 2.37. The van der Waals surface area contributed by atoms with Gasteiger partial charge in [0.05, 0.1) is 18.2 Å². The number of urea groups is 1. The Kier molecular flexibility index (Phi) is 7.77. The molecule has 0 fully saturated rings. The second-order valence-corrected chi connectivity index (χ2v) is 7.34. The van der Waals surface area contributed by atoms with Crippen LogP contribution in [0, 0.1) is 13.8 Å². The molecule has 9 heteroatoms. The molecule has 0 aromatic heterocycles. The topological polar surface area (TPSA) is 77.1 Å². The van der Waals surface area contributed by atoms with Crippen LogP contribution in [-0.4, -0.2) is 49.9 Å². The molecule has 0 saturated carbocycles. The molecular formula is C21H28F2N2O5. The molecule has 1 aliphatic heterocycles. The molecule has 0 spiro atoms. The number of hydrogen-bond acceptors (Lipinski definition) is 5. The van der Waals surface area contributed by atoms with Crippen molar-refractivity contribution in [2.45, 2.75) is 53.3 Å². The molecule has 1 atom stereocenters. The molecule has 30 heavy (non-hydrogen) atoms. The largest absolute Gasteiger partial charge is 0.460 e. The molecule has 1 aromatic carbocycles. The van der Waals surface area contributed by atoms with Gasteiger partial charge in [0.15, 0.2) is 0 Å². The number of benzene rings is 1. The Balaban J connectivity index is 2.53. The van der Waals surface area contributed by atoms with Crippen LogP contribution in [0.2, 0.25) is 0 Å². The number of carbonyl (C=O) groups is 2. The number of amides is 2. The molecule has 1 N–H and O–H groups in total. The summed E-state index contributed by atoms with van der Waals surface area (Å²) < 4.78 is 40.3. The molecule has 166 valence electrons. The Morgan fingerprint density at radius 2 is 1.77 bits per heavy atom. The second-order valence-electron chi connectivity index (χ2n) is 7.34. The lowest BCUT2D eigenvalue weighted by atomic mass is 9.92. The van der Waals surface area contributed by atoms with Crippen molar-refractivity contribution < 1.29 is 32.6 Å². The fourth-order valence-corrected chi connectivity index (χ4v) is 3.61. The number of halogens is 2. The predicted molar refractivity (Wildman–Crippen MR) is 106 cm³/mol. The first-order chi connectivity index (χ1) is 14.1. The minimum Gasteiger partial charge on any atom is -0.460 e. The van der Waals surface area contributed by atoms with Crippen LogP contribution in [0.5, 0.6) is 5.75 Å². The average Bonchev–Trinajstić information content (AvgIpc) is 2.63. The van der Waals surface area contributed by atoms with E-state index in [2.05, 4.69) is 10.1 Å². The number of nitrogens with one attached hydrogen (secondary N) is 1. The summed E-state index contributed by atoms with van der Waals surface area (Å²) in [6.45, 7) is 5.97. The zero-order valence-corrected chi connectivity index (χ0v) is 18.0. The van der Waals surface area contributed by atoms with Crippen LogP contribution in [-0.2, 0) is 14.3 Å². The van der Waals surface area contributed by atoms with E-state index >= 15 is 0 Å². The first kappa shape index (κ1) is 23.6. The van der Waals surface area contributed by atoms with Crippen molar-refractivity contribution >= 4 is 12.0 Å². The van der Waals surface area contributed by atoms with Crippen molar-refractivity contribution in [3.05, 3.63) is 40.1 Å². The Bertz CT molecular complexity index is 816. The van der Waals surface area contributed by atoms with Gasteiger partial charge in [0.25, 0.3) is 0 Å². The van der Waals surface area contributed by atoms with Crippen LogP contribution >= 0.6 is 0 Å². The smallest absolute Gasteiger partial charge is 0.387 e. The lowest BCUT2D eigenvalue weighted by molar-refractivity contribution is -0.141. The molecule has 0 unspecified atom stereocenters. The number of rotatable bonds is 8. The van der Waals surface area contributed by atoms with E-state index < -0.39 is 18.6 Å². The van der Waals surface area contributed by atoms with Gasteiger partial charge in [-0.05, 0) is 63.4 Å². The minimum absolute atomic E-state index is 0.0632. The van der Waals surface area contributed by atoms with Crippen molar-refractivity contribution in [2.75, 3.05) is 20.3 Å². The van der Waals surface area contributed by atoms with Gasteiger partial charge in [-0.3, -0.25) is 4.90 Å². The Morgan fingerprint density at radius 3 is 2.27 bits per heavy atom. The van der Waals surface area contributed by atoms with Crippen LogP contribution < -0.4 is 10.1 Å². The van der Waals surface area contributed by atoms with Gasteiger partial charge in [-0.2, -0.15) is 8.78 Å². The fourth-order valence-electron chi connectivity index (χ4n) is 3.61. The van der Waals surface area contributed by atoms with E-state index in [1.807, 2.05) is 13.8 Å². The summed E-state index contributed by atoms with van der Waals surface area (Å²) in [5.41, 5.74) is 2.26. The summed E-state index contributed by atoms with van der Waals surface area (Å²) >= 11 is 0. The number of esters is 1. The summed E-state index contributed by atoms with van der Waals surface area (Å²) in [7, 11) is 1.50. The number of methoxy groups -OCH3 is 1. The molecule has 1 aromatic rings. The van der Waals surface area contributed by atoms with E-state index in [9.17, 15) is 18.4 Å². The number of alkyl halides is 2. The Hall–Kier alpha value is -2.68. The van der Waals surface area contributed by atoms with Gasteiger partial charge < -0.3 is 19.5 Å². The zero-order chi connectivity index (χ0) is 22.6. The normalized spacial score (nSPS) is 16.9. The highest BCUT2D eigenvalue weighted by atomic mass is 19.3. The van der Waals surface area contributed by atoms with E-state index in [0.717, 1.165) is 0 Å². The van der Waals surface area contributed by atoms with Gasteiger partial charge in [0.1, 0.15) is 12.4 Å². The molecule has 2 rings (SSSR count). The number of aryl methyl sites for hydroxylation is 2. The lowest BCUT2D eigenvalue weighted by Gasteiger charge is -2.37. The van der Waals surface area contributed by atoms with Gasteiger partial charge in [-0.1, -0.05) is 0 Å². The first-order valence-corrected chi connectivity index (χ1v) is 9.61. The van der Waals surface area contributed by atoms with Crippen molar-refractivity contribution in [3.8, 4) is 5.75 Å². The van der Waals surface area contributed by atoms with Gasteiger partial charge in [0.2, 0.25) is 0 Å². The SMILES string of the molecule is COCCOC(=O)C1=C(C)N(C(C)C)C(=O)N[C@H]1c1cc(C)c(OC(F)F)c(C)c1. The minimum atomic E-state index is -2.95. The van der Waals surface area contributed by atoms with Gasteiger partial charge >= 0.3 is 18.6 Å². The summed E-state index contributed by atoms with van der Waals surface area (Å²) in [6, 6.07) is 1.91. The first-order valence-electron chi connectivity index (χ1n) is 9.61. The molecule has 0 saturated heterocycles. The van der Waals surface area contributed by atoms with E-state index in [0.29, 0.717) is 22.4 Å². The van der Waals surface area contributed by atoms with E-state index in [1.165, 1.54) is 12.0 Å². The highest BCUT2D eigenvalue weighted by molar-refractivity contribution is 5.95. The standard InChI is InChI=1S/C21H28F2N2O5/c1-11(2)25-14(5)16(19(26)29-8-7-28-6)17(24-21(25)27)15-9-12(3)18(13(4)10-15)30-20(22)23/h9-11,17,20H,7-8H2,1-6H3,(H,24,27)/t17-/m0/s1. The number of nitrogens with zero attached hydrogens (tertiary/aromatic N) is 1. The molecule has 1 heterocycles. The van der Waals surface area contributed by atoms with E-state index in [-0.39, 0.29) is 36.6 Å². The van der Waals surface area contributed by atoms with E-state index in [1.54, 1.807) is 32.9 Å². The average molecular weight is 426 g/mol. The third-order valence-electron chi connectivity index (χ3n) is 4.81. The van der Waals surface area contributed by atoms with Crippen LogP contribution in [0.15, 0.2) is 23.4 Å². The van der Waals surface area contributed by atoms with Crippen molar-refractivity contribution in [3.63, 3.8) is 0 Å². The van der Waals surface area contributed by atoms with Crippen LogP contribution in [0.3, 0.4) is 0 Å². The maximum atomic E-state index is 12.9. The Morgan fingerprint density at radius 1 is 1.17 bits per heavy atom. The number of allylic oxidation sites excluding steroid dienone is 1. The van der Waals surface area contributed by atoms with Crippen LogP contribution in [0.1, 0.15) is 43.5 Å². The molecule has 0 radical (unpaired) electrons. The number of hydrogen-bond donors (Lipinski definition) is 1. The highest BCUT2D eigenvalue weighted by Crippen LogP contribution is 2.36. The molecule has 2 amide bonds. The molecular weight excluding hydrogens is 398 g/mol. The van der Waals surface area contributed by atoms with Gasteiger partial charge in [-0.25, -0.2) is 9.59 Å². The zero-order valence-electron chi connectivity index (χ0n) is 18.0.